The molecule has 8 nitrogen and oxygen atoms in total. The van der Waals surface area contributed by atoms with Crippen LogP contribution in [-0.4, -0.2) is 56.2 Å². The SMILES string of the molecule is CCN(CC)C(=O)CSc1nnc(SCC(=O)NCc2ccccc2F)n1N. The number of nitrogens with one attached hydrogen (secondary N) is 1. The molecule has 0 bridgehead atoms. The number of carbonyl (C=O) groups excluding carboxylic acids is 2. The minimum atomic E-state index is -0.363. The fourth-order valence-electron chi connectivity index (χ4n) is 2.27. The molecule has 0 aliphatic rings. The Hall–Kier alpha value is -2.27. The molecule has 1 aromatic heterocycles. The first kappa shape index (κ1) is 22.0. The molecular formula is C17H23FN6O2S2. The maximum absolute atomic E-state index is 13.5. The maximum atomic E-state index is 13.5. The Labute approximate surface area is 171 Å². The Kier molecular flexibility index (Phi) is 8.58. The van der Waals surface area contributed by atoms with E-state index < -0.39 is 0 Å². The van der Waals surface area contributed by atoms with Crippen LogP contribution in [-0.2, 0) is 16.1 Å². The third-order valence-electron chi connectivity index (χ3n) is 3.84. The van der Waals surface area contributed by atoms with Gasteiger partial charge in [0.2, 0.25) is 22.1 Å². The quantitative estimate of drug-likeness (QED) is 0.438. The van der Waals surface area contributed by atoms with Crippen LogP contribution in [0.25, 0.3) is 0 Å². The number of aromatic nitrogens is 3. The zero-order valence-corrected chi connectivity index (χ0v) is 17.4. The average Bonchev–Trinajstić information content (AvgIpc) is 3.04. The van der Waals surface area contributed by atoms with Crippen molar-refractivity contribution in [1.82, 2.24) is 25.1 Å². The summed E-state index contributed by atoms with van der Waals surface area (Å²) in [6.07, 6.45) is 0. The van der Waals surface area contributed by atoms with Crippen molar-refractivity contribution >= 4 is 35.3 Å². The average molecular weight is 427 g/mol. The molecule has 0 saturated carbocycles. The molecule has 0 radical (unpaired) electrons. The minimum Gasteiger partial charge on any atom is -0.351 e. The number of benzene rings is 1. The zero-order chi connectivity index (χ0) is 20.5. The highest BCUT2D eigenvalue weighted by Crippen LogP contribution is 2.21. The molecular weight excluding hydrogens is 403 g/mol. The lowest BCUT2D eigenvalue weighted by atomic mass is 10.2. The van der Waals surface area contributed by atoms with Crippen molar-refractivity contribution in [2.45, 2.75) is 30.7 Å². The van der Waals surface area contributed by atoms with Crippen LogP contribution in [0.1, 0.15) is 19.4 Å². The van der Waals surface area contributed by atoms with Gasteiger partial charge in [0.15, 0.2) is 0 Å². The first-order valence-electron chi connectivity index (χ1n) is 8.70. The smallest absolute Gasteiger partial charge is 0.233 e. The third kappa shape index (κ3) is 6.13. The van der Waals surface area contributed by atoms with Gasteiger partial charge < -0.3 is 16.1 Å². The molecule has 0 fully saturated rings. The molecule has 3 N–H and O–H groups in total. The summed E-state index contributed by atoms with van der Waals surface area (Å²) in [6.45, 7) is 5.24. The van der Waals surface area contributed by atoms with Crippen LogP contribution in [0.3, 0.4) is 0 Å². The molecule has 152 valence electrons. The summed E-state index contributed by atoms with van der Waals surface area (Å²) in [5.74, 6) is 5.58. The first-order valence-corrected chi connectivity index (χ1v) is 10.7. The molecule has 2 amide bonds. The number of thioether (sulfide) groups is 2. The van der Waals surface area contributed by atoms with E-state index in [0.717, 1.165) is 11.8 Å². The number of amides is 2. The third-order valence-corrected chi connectivity index (χ3v) is 5.71. The molecule has 1 aromatic carbocycles. The number of nitrogens with zero attached hydrogens (tertiary/aromatic N) is 4. The Bertz CT molecular complexity index is 813. The van der Waals surface area contributed by atoms with Gasteiger partial charge in [-0.05, 0) is 19.9 Å². The number of halogens is 1. The molecule has 2 rings (SSSR count). The van der Waals surface area contributed by atoms with Gasteiger partial charge in [0.25, 0.3) is 0 Å². The highest BCUT2D eigenvalue weighted by atomic mass is 32.2. The van der Waals surface area contributed by atoms with E-state index in [1.54, 1.807) is 23.1 Å². The molecule has 0 saturated heterocycles. The van der Waals surface area contributed by atoms with Gasteiger partial charge in [0.05, 0.1) is 11.5 Å². The van der Waals surface area contributed by atoms with Gasteiger partial charge in [0.1, 0.15) is 5.82 Å². The molecule has 0 unspecified atom stereocenters. The van der Waals surface area contributed by atoms with Crippen LogP contribution in [0.2, 0.25) is 0 Å². The molecule has 28 heavy (non-hydrogen) atoms. The standard InChI is InChI=1S/C17H23FN6O2S2/c1-3-23(4-2)15(26)11-28-17-22-21-16(24(17)19)27-10-14(25)20-9-12-7-5-6-8-13(12)18/h5-8H,3-4,9-11,19H2,1-2H3,(H,20,25). The van der Waals surface area contributed by atoms with Crippen LogP contribution in [0, 0.1) is 5.82 Å². The lowest BCUT2D eigenvalue weighted by Gasteiger charge is -2.17. The highest BCUT2D eigenvalue weighted by molar-refractivity contribution is 8.00. The van der Waals surface area contributed by atoms with Crippen LogP contribution in [0.15, 0.2) is 34.6 Å². The second kappa shape index (κ2) is 10.9. The maximum Gasteiger partial charge on any atom is 0.233 e. The van der Waals surface area contributed by atoms with Crippen LogP contribution >= 0.6 is 23.5 Å². The van der Waals surface area contributed by atoms with Gasteiger partial charge in [0, 0.05) is 25.2 Å². The van der Waals surface area contributed by atoms with E-state index in [1.165, 1.54) is 22.5 Å². The van der Waals surface area contributed by atoms with Gasteiger partial charge in [-0.2, -0.15) is 0 Å². The largest absolute Gasteiger partial charge is 0.351 e. The lowest BCUT2D eigenvalue weighted by molar-refractivity contribution is -0.128. The zero-order valence-electron chi connectivity index (χ0n) is 15.7. The number of hydrogen-bond acceptors (Lipinski definition) is 7. The van der Waals surface area contributed by atoms with Crippen molar-refractivity contribution in [2.24, 2.45) is 0 Å². The summed E-state index contributed by atoms with van der Waals surface area (Å²) in [4.78, 5) is 25.7. The highest BCUT2D eigenvalue weighted by Gasteiger charge is 2.16. The van der Waals surface area contributed by atoms with Crippen molar-refractivity contribution in [3.05, 3.63) is 35.6 Å². The molecule has 11 heteroatoms. The number of nitrogen functional groups attached to an aromatic ring is 1. The summed E-state index contributed by atoms with van der Waals surface area (Å²) in [5.41, 5.74) is 0.416. The molecule has 0 atom stereocenters. The van der Waals surface area contributed by atoms with Gasteiger partial charge in [-0.25, -0.2) is 9.07 Å². The number of hydrogen-bond donors (Lipinski definition) is 2. The number of nitrogens with two attached hydrogens (primary N) is 1. The van der Waals surface area contributed by atoms with Crippen molar-refractivity contribution in [3.63, 3.8) is 0 Å². The lowest BCUT2D eigenvalue weighted by Crippen LogP contribution is -2.32. The normalized spacial score (nSPS) is 10.7. The summed E-state index contributed by atoms with van der Waals surface area (Å²) in [5, 5.41) is 11.3. The Balaban J connectivity index is 1.81. The van der Waals surface area contributed by atoms with E-state index >= 15 is 0 Å². The van der Waals surface area contributed by atoms with Gasteiger partial charge >= 0.3 is 0 Å². The van der Waals surface area contributed by atoms with E-state index in [1.807, 2.05) is 13.8 Å². The van der Waals surface area contributed by atoms with Crippen molar-refractivity contribution < 1.29 is 14.0 Å². The second-order valence-corrected chi connectivity index (χ2v) is 7.53. The van der Waals surface area contributed by atoms with E-state index in [4.69, 9.17) is 5.84 Å². The summed E-state index contributed by atoms with van der Waals surface area (Å²) < 4.78 is 14.8. The van der Waals surface area contributed by atoms with E-state index in [0.29, 0.717) is 29.0 Å². The Morgan fingerprint density at radius 1 is 1.14 bits per heavy atom. The predicted molar refractivity (Wildman–Crippen MR) is 108 cm³/mol. The van der Waals surface area contributed by atoms with Crippen LogP contribution in [0.5, 0.6) is 0 Å². The van der Waals surface area contributed by atoms with Crippen LogP contribution in [0.4, 0.5) is 4.39 Å². The topological polar surface area (TPSA) is 106 Å². The molecule has 0 aliphatic carbocycles. The number of rotatable bonds is 10. The van der Waals surface area contributed by atoms with Gasteiger partial charge in [-0.3, -0.25) is 9.59 Å². The molecule has 0 spiro atoms. The van der Waals surface area contributed by atoms with Crippen LogP contribution < -0.4 is 11.2 Å². The minimum absolute atomic E-state index is 0.000255. The summed E-state index contributed by atoms with van der Waals surface area (Å²) in [7, 11) is 0. The summed E-state index contributed by atoms with van der Waals surface area (Å²) in [6, 6.07) is 6.26. The Morgan fingerprint density at radius 2 is 1.75 bits per heavy atom. The molecule has 0 aliphatic heterocycles. The molecule has 1 heterocycles. The number of carbonyl (C=O) groups is 2. The van der Waals surface area contributed by atoms with Gasteiger partial charge in [-0.1, -0.05) is 41.7 Å². The second-order valence-electron chi connectivity index (χ2n) is 5.65. The predicted octanol–water partition coefficient (Wildman–Crippen LogP) is 1.50. The van der Waals surface area contributed by atoms with E-state index in [-0.39, 0.29) is 35.7 Å². The van der Waals surface area contributed by atoms with Gasteiger partial charge in [-0.15, -0.1) is 10.2 Å². The fraction of sp³-hybridized carbons (Fsp3) is 0.412. The summed E-state index contributed by atoms with van der Waals surface area (Å²) >= 11 is 2.31. The van der Waals surface area contributed by atoms with E-state index in [2.05, 4.69) is 15.5 Å². The van der Waals surface area contributed by atoms with E-state index in [9.17, 15) is 14.0 Å². The fourth-order valence-corrected chi connectivity index (χ4v) is 3.77. The first-order chi connectivity index (χ1) is 13.5. The Morgan fingerprint density at radius 3 is 2.36 bits per heavy atom. The van der Waals surface area contributed by atoms with Crippen molar-refractivity contribution in [1.29, 1.82) is 0 Å². The van der Waals surface area contributed by atoms with Crippen molar-refractivity contribution in [3.8, 4) is 0 Å². The monoisotopic (exact) mass is 426 g/mol. The van der Waals surface area contributed by atoms with Crippen molar-refractivity contribution in [2.75, 3.05) is 30.4 Å². The molecule has 2 aromatic rings.